The monoisotopic (exact) mass is 269 g/mol. The van der Waals surface area contributed by atoms with Crippen LogP contribution in [-0.2, 0) is 0 Å². The van der Waals surface area contributed by atoms with Gasteiger partial charge in [-0.3, -0.25) is 0 Å². The van der Waals surface area contributed by atoms with Gasteiger partial charge in [-0.25, -0.2) is 0 Å². The van der Waals surface area contributed by atoms with Gasteiger partial charge in [0.15, 0.2) is 0 Å². The maximum Gasteiger partial charge on any atom is 0.0699 e. The van der Waals surface area contributed by atoms with E-state index < -0.39 is 0 Å². The fourth-order valence-electron chi connectivity index (χ4n) is 3.39. The van der Waals surface area contributed by atoms with Crippen molar-refractivity contribution in [1.29, 1.82) is 0 Å². The third kappa shape index (κ3) is 6.27. The predicted molar refractivity (Wildman–Crippen MR) is 83.4 cm³/mol. The summed E-state index contributed by atoms with van der Waals surface area (Å²) < 4.78 is 0. The van der Waals surface area contributed by atoms with E-state index in [9.17, 15) is 5.11 Å². The minimum Gasteiger partial charge on any atom is -0.390 e. The molecule has 1 rings (SSSR count). The van der Waals surface area contributed by atoms with Crippen molar-refractivity contribution < 1.29 is 5.11 Å². The molecule has 1 saturated heterocycles. The van der Waals surface area contributed by atoms with Gasteiger partial charge in [-0.2, -0.15) is 0 Å². The van der Waals surface area contributed by atoms with E-state index in [1.807, 2.05) is 0 Å². The summed E-state index contributed by atoms with van der Waals surface area (Å²) in [5.74, 6) is 0.464. The highest BCUT2D eigenvalue weighted by Gasteiger charge is 2.36. The van der Waals surface area contributed by atoms with E-state index in [0.29, 0.717) is 5.92 Å². The lowest BCUT2D eigenvalue weighted by molar-refractivity contribution is -0.0504. The smallest absolute Gasteiger partial charge is 0.0699 e. The topological polar surface area (TPSA) is 32.3 Å². The average Bonchev–Trinajstić information content (AvgIpc) is 2.42. The molecule has 19 heavy (non-hydrogen) atoms. The quantitative estimate of drug-likeness (QED) is 0.581. The number of hydrogen-bond donors (Lipinski definition) is 2. The lowest BCUT2D eigenvalue weighted by Gasteiger charge is -2.40. The average molecular weight is 269 g/mol. The van der Waals surface area contributed by atoms with Crippen LogP contribution in [0.4, 0.5) is 0 Å². The summed E-state index contributed by atoms with van der Waals surface area (Å²) in [6.07, 6.45) is 13.9. The molecule has 1 heterocycles. The molecule has 2 unspecified atom stereocenters. The molecule has 1 fully saturated rings. The Labute approximate surface area is 120 Å². The van der Waals surface area contributed by atoms with Crippen LogP contribution in [0.5, 0.6) is 0 Å². The first-order valence-electron chi connectivity index (χ1n) is 8.66. The summed E-state index contributed by atoms with van der Waals surface area (Å²) in [4.78, 5) is 0. The van der Waals surface area contributed by atoms with Gasteiger partial charge < -0.3 is 10.4 Å². The number of hydrogen-bond acceptors (Lipinski definition) is 2. The zero-order valence-corrected chi connectivity index (χ0v) is 13.2. The van der Waals surface area contributed by atoms with E-state index in [1.54, 1.807) is 0 Å². The number of rotatable bonds is 10. The molecule has 1 aliphatic heterocycles. The van der Waals surface area contributed by atoms with Crippen molar-refractivity contribution in [1.82, 2.24) is 5.32 Å². The molecule has 0 aromatic heterocycles. The van der Waals surface area contributed by atoms with Gasteiger partial charge in [0.2, 0.25) is 0 Å². The molecule has 2 atom stereocenters. The molecule has 0 bridgehead atoms. The second kappa shape index (κ2) is 9.77. The van der Waals surface area contributed by atoms with Crippen LogP contribution in [0.25, 0.3) is 0 Å². The van der Waals surface area contributed by atoms with Crippen molar-refractivity contribution in [3.8, 4) is 0 Å². The zero-order chi connectivity index (χ0) is 14.0. The van der Waals surface area contributed by atoms with Gasteiger partial charge in [0.1, 0.15) is 0 Å². The fourth-order valence-corrected chi connectivity index (χ4v) is 3.39. The van der Waals surface area contributed by atoms with Crippen molar-refractivity contribution >= 4 is 0 Å². The summed E-state index contributed by atoms with van der Waals surface area (Å²) in [5.41, 5.74) is -0.373. The number of nitrogens with one attached hydrogen (secondary N) is 1. The van der Waals surface area contributed by atoms with Crippen molar-refractivity contribution in [2.24, 2.45) is 5.92 Å². The Balaban J connectivity index is 2.07. The van der Waals surface area contributed by atoms with Gasteiger partial charge in [0, 0.05) is 6.54 Å². The molecule has 0 spiro atoms. The minimum atomic E-state index is -0.373. The number of piperidine rings is 1. The number of aliphatic hydroxyl groups is 1. The van der Waals surface area contributed by atoms with E-state index in [2.05, 4.69) is 19.2 Å². The fraction of sp³-hybridized carbons (Fsp3) is 1.00. The Bertz CT molecular complexity index is 219. The maximum atomic E-state index is 10.8. The van der Waals surface area contributed by atoms with E-state index in [0.717, 1.165) is 32.4 Å². The second-order valence-corrected chi connectivity index (χ2v) is 6.39. The van der Waals surface area contributed by atoms with Gasteiger partial charge in [-0.1, -0.05) is 65.2 Å². The van der Waals surface area contributed by atoms with Crippen LogP contribution in [0.3, 0.4) is 0 Å². The van der Waals surface area contributed by atoms with Crippen LogP contribution in [-0.4, -0.2) is 23.8 Å². The van der Waals surface area contributed by atoms with E-state index >= 15 is 0 Å². The van der Waals surface area contributed by atoms with E-state index in [-0.39, 0.29) is 5.60 Å². The molecular weight excluding hydrogens is 234 g/mol. The van der Waals surface area contributed by atoms with E-state index in [1.165, 1.54) is 51.4 Å². The summed E-state index contributed by atoms with van der Waals surface area (Å²) >= 11 is 0. The molecule has 0 aliphatic carbocycles. The molecule has 1 aliphatic rings. The second-order valence-electron chi connectivity index (χ2n) is 6.39. The molecule has 114 valence electrons. The van der Waals surface area contributed by atoms with E-state index in [4.69, 9.17) is 0 Å². The van der Waals surface area contributed by atoms with Crippen molar-refractivity contribution in [2.45, 2.75) is 90.1 Å². The lowest BCUT2D eigenvalue weighted by atomic mass is 9.77. The van der Waals surface area contributed by atoms with Crippen molar-refractivity contribution in [2.75, 3.05) is 13.1 Å². The standard InChI is InChI=1S/C17H35NO/c1-3-5-6-7-8-9-10-11-12-17(19)13-14-18-15-16(17)4-2/h16,18-19H,3-15H2,1-2H3. The Morgan fingerprint density at radius 2 is 1.63 bits per heavy atom. The highest BCUT2D eigenvalue weighted by Crippen LogP contribution is 2.32. The van der Waals surface area contributed by atoms with Gasteiger partial charge in [-0.05, 0) is 31.7 Å². The van der Waals surface area contributed by atoms with Crippen molar-refractivity contribution in [3.63, 3.8) is 0 Å². The number of unbranched alkanes of at least 4 members (excludes halogenated alkanes) is 7. The summed E-state index contributed by atoms with van der Waals surface area (Å²) in [6.45, 7) is 6.47. The van der Waals surface area contributed by atoms with Gasteiger partial charge in [0.25, 0.3) is 0 Å². The third-order valence-electron chi connectivity index (χ3n) is 4.84. The van der Waals surface area contributed by atoms with Crippen LogP contribution in [0.15, 0.2) is 0 Å². The molecular formula is C17H35NO. The Morgan fingerprint density at radius 1 is 1.00 bits per heavy atom. The molecule has 0 radical (unpaired) electrons. The molecule has 2 heteroatoms. The van der Waals surface area contributed by atoms with Crippen LogP contribution < -0.4 is 5.32 Å². The Morgan fingerprint density at radius 3 is 2.26 bits per heavy atom. The summed E-state index contributed by atoms with van der Waals surface area (Å²) in [6, 6.07) is 0. The van der Waals surface area contributed by atoms with Gasteiger partial charge >= 0.3 is 0 Å². The van der Waals surface area contributed by atoms with Gasteiger partial charge in [-0.15, -0.1) is 0 Å². The van der Waals surface area contributed by atoms with Crippen molar-refractivity contribution in [3.05, 3.63) is 0 Å². The molecule has 2 N–H and O–H groups in total. The molecule has 2 nitrogen and oxygen atoms in total. The zero-order valence-electron chi connectivity index (χ0n) is 13.2. The van der Waals surface area contributed by atoms with Crippen LogP contribution in [0.2, 0.25) is 0 Å². The SMILES string of the molecule is CCCCCCCCCCC1(O)CCNCC1CC. The Kier molecular flexibility index (Phi) is 8.72. The normalized spacial score (nSPS) is 27.6. The molecule has 0 aromatic carbocycles. The molecule has 0 amide bonds. The van der Waals surface area contributed by atoms with Gasteiger partial charge in [0.05, 0.1) is 5.60 Å². The largest absolute Gasteiger partial charge is 0.390 e. The summed E-state index contributed by atoms with van der Waals surface area (Å²) in [7, 11) is 0. The maximum absolute atomic E-state index is 10.8. The van der Waals surface area contributed by atoms with Crippen LogP contribution in [0.1, 0.15) is 84.5 Å². The van der Waals surface area contributed by atoms with Crippen LogP contribution >= 0.6 is 0 Å². The molecule has 0 aromatic rings. The highest BCUT2D eigenvalue weighted by molar-refractivity contribution is 4.91. The third-order valence-corrected chi connectivity index (χ3v) is 4.84. The predicted octanol–water partition coefficient (Wildman–Crippen LogP) is 4.27. The minimum absolute atomic E-state index is 0.373. The highest BCUT2D eigenvalue weighted by atomic mass is 16.3. The molecule has 0 saturated carbocycles. The first-order chi connectivity index (χ1) is 9.23. The summed E-state index contributed by atoms with van der Waals surface area (Å²) in [5, 5.41) is 14.2. The first-order valence-corrected chi connectivity index (χ1v) is 8.66. The Hall–Kier alpha value is -0.0800. The lowest BCUT2D eigenvalue weighted by Crippen LogP contribution is -2.49. The first kappa shape index (κ1) is 17.0. The van der Waals surface area contributed by atoms with Crippen LogP contribution in [0, 0.1) is 5.92 Å².